The normalized spacial score (nSPS) is 13.1. The molecule has 0 aromatic rings. The van der Waals surface area contributed by atoms with Gasteiger partial charge >= 0.3 is 17.9 Å². The molecular weight excluding hydrogens is 1020 g/mol. The minimum Gasteiger partial charge on any atom is -0.462 e. The third-order valence-corrected chi connectivity index (χ3v) is 14.0. The third kappa shape index (κ3) is 67.7. The summed E-state index contributed by atoms with van der Waals surface area (Å²) in [6.07, 6.45) is 101. The predicted molar refractivity (Wildman–Crippen MR) is 362 cm³/mol. The van der Waals surface area contributed by atoms with Crippen molar-refractivity contribution in [1.82, 2.24) is 0 Å². The van der Waals surface area contributed by atoms with Gasteiger partial charge in [-0.25, -0.2) is 0 Å². The highest BCUT2D eigenvalue weighted by molar-refractivity contribution is 5.71. The van der Waals surface area contributed by atoms with Crippen molar-refractivity contribution in [1.29, 1.82) is 0 Å². The van der Waals surface area contributed by atoms with Crippen LogP contribution in [0.25, 0.3) is 0 Å². The van der Waals surface area contributed by atoms with Gasteiger partial charge in [0.15, 0.2) is 6.10 Å². The molecule has 468 valence electrons. The predicted octanol–water partition coefficient (Wildman–Crippen LogP) is 23.7. The van der Waals surface area contributed by atoms with Crippen LogP contribution >= 0.6 is 0 Å². The van der Waals surface area contributed by atoms with Crippen molar-refractivity contribution in [3.63, 3.8) is 0 Å². The molecule has 0 bridgehead atoms. The Balaban J connectivity index is 4.47. The average Bonchev–Trinajstić information content (AvgIpc) is 3.49. The molecule has 6 nitrogen and oxygen atoms in total. The Morgan fingerprint density at radius 3 is 0.675 bits per heavy atom. The van der Waals surface area contributed by atoms with E-state index in [4.69, 9.17) is 14.2 Å². The number of carbonyl (C=O) groups is 3. The Kier molecular flexibility index (Phi) is 65.4. The highest BCUT2D eigenvalue weighted by Crippen LogP contribution is 2.15. The van der Waals surface area contributed by atoms with Gasteiger partial charge in [0, 0.05) is 19.3 Å². The number of unbranched alkanes of at least 4 members (excludes halogenated alkanes) is 23. The van der Waals surface area contributed by atoms with Gasteiger partial charge in [-0.05, 0) is 141 Å². The van der Waals surface area contributed by atoms with E-state index in [9.17, 15) is 14.4 Å². The van der Waals surface area contributed by atoms with Crippen LogP contribution < -0.4 is 0 Å². The molecule has 0 spiro atoms. The maximum absolute atomic E-state index is 13.0. The minimum atomic E-state index is -0.801. The van der Waals surface area contributed by atoms with Crippen LogP contribution in [0.15, 0.2) is 158 Å². The molecule has 1 unspecified atom stereocenters. The molecule has 0 radical (unpaired) electrons. The second kappa shape index (κ2) is 69.5. The number of hydrogen-bond donors (Lipinski definition) is 0. The van der Waals surface area contributed by atoms with Crippen LogP contribution in [0.1, 0.15) is 290 Å². The number of ether oxygens (including phenoxy) is 3. The van der Waals surface area contributed by atoms with Crippen LogP contribution in [0.2, 0.25) is 0 Å². The third-order valence-electron chi connectivity index (χ3n) is 14.0. The van der Waals surface area contributed by atoms with E-state index in [2.05, 4.69) is 179 Å². The monoisotopic (exact) mass is 1140 g/mol. The maximum atomic E-state index is 13.0. The molecule has 83 heavy (non-hydrogen) atoms. The smallest absolute Gasteiger partial charge is 0.306 e. The summed E-state index contributed by atoms with van der Waals surface area (Å²) >= 11 is 0. The molecule has 0 aliphatic rings. The first-order valence-electron chi connectivity index (χ1n) is 34.0. The van der Waals surface area contributed by atoms with E-state index in [0.717, 1.165) is 161 Å². The van der Waals surface area contributed by atoms with Gasteiger partial charge in [-0.15, -0.1) is 0 Å². The van der Waals surface area contributed by atoms with Crippen LogP contribution in [0.5, 0.6) is 0 Å². The minimum absolute atomic E-state index is 0.0951. The van der Waals surface area contributed by atoms with Crippen molar-refractivity contribution in [3.8, 4) is 0 Å². The zero-order chi connectivity index (χ0) is 59.9. The quantitative estimate of drug-likeness (QED) is 0.0261. The molecular formula is C77H124O6. The Hall–Kier alpha value is -4.97. The summed E-state index contributed by atoms with van der Waals surface area (Å²) in [6, 6.07) is 0. The number of esters is 3. The SMILES string of the molecule is CC/C=C\C/C=C\C/C=C\C/C=C\C/C=C\CCCCCCCCCC(=O)OCC(COC(=O)CCCCCCCCCC/C=C\C/C=C\C/C=C\C/C=C\CC)OC(=O)CCCCCCCCCC/C=C\C/C=C\C/C=C\C/C=C\CC. The van der Waals surface area contributed by atoms with Crippen molar-refractivity contribution in [2.24, 2.45) is 0 Å². The fourth-order valence-electron chi connectivity index (χ4n) is 9.04. The van der Waals surface area contributed by atoms with E-state index in [1.165, 1.54) is 89.9 Å². The van der Waals surface area contributed by atoms with Crippen LogP contribution in [-0.4, -0.2) is 37.2 Å². The molecule has 0 aromatic heterocycles. The first kappa shape index (κ1) is 78.0. The van der Waals surface area contributed by atoms with Gasteiger partial charge in [-0.1, -0.05) is 288 Å². The summed E-state index contributed by atoms with van der Waals surface area (Å²) in [7, 11) is 0. The zero-order valence-corrected chi connectivity index (χ0v) is 53.7. The fourth-order valence-corrected chi connectivity index (χ4v) is 9.04. The van der Waals surface area contributed by atoms with Gasteiger partial charge in [-0.2, -0.15) is 0 Å². The molecule has 0 amide bonds. The molecule has 1 atom stereocenters. The molecule has 0 saturated heterocycles. The van der Waals surface area contributed by atoms with E-state index in [1.807, 2.05) is 0 Å². The van der Waals surface area contributed by atoms with Gasteiger partial charge < -0.3 is 14.2 Å². The van der Waals surface area contributed by atoms with E-state index in [0.29, 0.717) is 19.3 Å². The zero-order valence-electron chi connectivity index (χ0n) is 53.7. The number of hydrogen-bond acceptors (Lipinski definition) is 6. The lowest BCUT2D eigenvalue weighted by molar-refractivity contribution is -0.167. The number of rotatable bonds is 60. The number of carbonyl (C=O) groups excluding carboxylic acids is 3. The second-order valence-corrected chi connectivity index (χ2v) is 21.9. The Bertz CT molecular complexity index is 1840. The van der Waals surface area contributed by atoms with Crippen molar-refractivity contribution in [3.05, 3.63) is 158 Å². The van der Waals surface area contributed by atoms with Crippen LogP contribution in [0.4, 0.5) is 0 Å². The van der Waals surface area contributed by atoms with E-state index >= 15 is 0 Å². The highest BCUT2D eigenvalue weighted by Gasteiger charge is 2.19. The molecule has 0 N–H and O–H groups in total. The average molecular weight is 1150 g/mol. The summed E-state index contributed by atoms with van der Waals surface area (Å²) in [4.78, 5) is 38.5. The van der Waals surface area contributed by atoms with E-state index in [-0.39, 0.29) is 31.1 Å². The van der Waals surface area contributed by atoms with Crippen molar-refractivity contribution in [2.45, 2.75) is 297 Å². The van der Waals surface area contributed by atoms with Crippen molar-refractivity contribution < 1.29 is 28.6 Å². The Morgan fingerprint density at radius 2 is 0.434 bits per heavy atom. The lowest BCUT2D eigenvalue weighted by Gasteiger charge is -2.18. The topological polar surface area (TPSA) is 78.9 Å². The molecule has 0 aromatic carbocycles. The number of allylic oxidation sites excluding steroid dienone is 26. The first-order chi connectivity index (χ1) is 41.0. The fraction of sp³-hybridized carbons (Fsp3) is 0.623. The summed E-state index contributed by atoms with van der Waals surface area (Å²) in [5.74, 6) is -0.919. The lowest BCUT2D eigenvalue weighted by Crippen LogP contribution is -2.30. The molecule has 6 heteroatoms. The summed E-state index contributed by atoms with van der Waals surface area (Å²) in [5.41, 5.74) is 0. The van der Waals surface area contributed by atoms with Crippen LogP contribution in [0, 0.1) is 0 Å². The summed E-state index contributed by atoms with van der Waals surface area (Å²) in [6.45, 7) is 6.29. The van der Waals surface area contributed by atoms with E-state index < -0.39 is 6.10 Å². The molecule has 0 saturated carbocycles. The maximum Gasteiger partial charge on any atom is 0.306 e. The summed E-state index contributed by atoms with van der Waals surface area (Å²) in [5, 5.41) is 0. The van der Waals surface area contributed by atoms with Crippen LogP contribution in [0.3, 0.4) is 0 Å². The molecule has 0 aliphatic carbocycles. The Labute approximate surface area is 511 Å². The van der Waals surface area contributed by atoms with Gasteiger partial charge in [0.05, 0.1) is 0 Å². The van der Waals surface area contributed by atoms with Gasteiger partial charge in [0.2, 0.25) is 0 Å². The van der Waals surface area contributed by atoms with Gasteiger partial charge in [0.1, 0.15) is 13.2 Å². The molecule has 0 rings (SSSR count). The standard InChI is InChI=1S/C77H124O6/c1-4-7-10-13-16-19-22-25-28-31-34-37-38-41-43-46-49-52-55-58-61-64-67-70-76(79)82-73-74(83-77(80)71-68-65-62-59-56-53-50-47-44-40-36-33-30-27-24-21-18-15-12-9-6-3)72-81-75(78)69-66-63-60-57-54-51-48-45-42-39-35-32-29-26-23-20-17-14-11-8-5-2/h7-12,16-21,25-30,34-37,39-41,43,74H,4-6,13-15,22-24,31-33,38,42,44-73H2,1-3H3/b10-7-,11-8-,12-9-,19-16-,20-17-,21-18-,28-25-,29-26-,30-27-,37-34-,39-35-,40-36-,43-41-. The lowest BCUT2D eigenvalue weighted by atomic mass is 10.1. The largest absolute Gasteiger partial charge is 0.462 e. The summed E-state index contributed by atoms with van der Waals surface area (Å²) < 4.78 is 17.0. The van der Waals surface area contributed by atoms with Gasteiger partial charge in [0.25, 0.3) is 0 Å². The molecule has 0 fully saturated rings. The van der Waals surface area contributed by atoms with Gasteiger partial charge in [-0.3, -0.25) is 14.4 Å². The molecule has 0 aliphatic heterocycles. The van der Waals surface area contributed by atoms with Crippen molar-refractivity contribution >= 4 is 17.9 Å². The Morgan fingerprint density at radius 1 is 0.241 bits per heavy atom. The second-order valence-electron chi connectivity index (χ2n) is 21.9. The van der Waals surface area contributed by atoms with E-state index in [1.54, 1.807) is 0 Å². The van der Waals surface area contributed by atoms with Crippen LogP contribution in [-0.2, 0) is 28.6 Å². The van der Waals surface area contributed by atoms with Crippen molar-refractivity contribution in [2.75, 3.05) is 13.2 Å². The first-order valence-corrected chi connectivity index (χ1v) is 34.0. The highest BCUT2D eigenvalue weighted by atomic mass is 16.6. The molecule has 0 heterocycles.